The second-order valence-corrected chi connectivity index (χ2v) is 5.39. The van der Waals surface area contributed by atoms with Crippen LogP contribution in [0.5, 0.6) is 0 Å². The summed E-state index contributed by atoms with van der Waals surface area (Å²) in [4.78, 5) is 16.9. The molecule has 1 heterocycles. The number of nitrogens with zero attached hydrogens (tertiary/aromatic N) is 2. The van der Waals surface area contributed by atoms with E-state index >= 15 is 0 Å². The molecule has 1 aliphatic carbocycles. The van der Waals surface area contributed by atoms with Gasteiger partial charge in [0.25, 0.3) is 5.91 Å². The topological polar surface area (TPSA) is 33.2 Å². The standard InChI is InChI=1S/C13H14ClF3N2O/c1-8(9-2-3-9)19(7-13(15,16)17)12(20)10-4-5-18-6-11(10)14/h4-6,8-9H,2-3,7H2,1H3. The molecule has 1 aromatic heterocycles. The molecule has 0 aliphatic heterocycles. The van der Waals surface area contributed by atoms with E-state index in [0.29, 0.717) is 0 Å². The molecule has 0 bridgehead atoms. The van der Waals surface area contributed by atoms with Crippen LogP contribution in [-0.4, -0.2) is 34.6 Å². The van der Waals surface area contributed by atoms with E-state index in [9.17, 15) is 18.0 Å². The summed E-state index contributed by atoms with van der Waals surface area (Å²) >= 11 is 5.84. The first-order chi connectivity index (χ1) is 9.29. The van der Waals surface area contributed by atoms with E-state index in [-0.39, 0.29) is 16.5 Å². The van der Waals surface area contributed by atoms with Gasteiger partial charge in [-0.15, -0.1) is 0 Å². The summed E-state index contributed by atoms with van der Waals surface area (Å²) < 4.78 is 38.1. The molecule has 1 atom stereocenters. The second-order valence-electron chi connectivity index (χ2n) is 4.98. The SMILES string of the molecule is CC(C1CC1)N(CC(F)(F)F)C(=O)c1ccncc1Cl. The average molecular weight is 307 g/mol. The van der Waals surface area contributed by atoms with Crippen molar-refractivity contribution in [2.24, 2.45) is 5.92 Å². The molecule has 1 aliphatic rings. The summed E-state index contributed by atoms with van der Waals surface area (Å²) in [5.41, 5.74) is 0.0541. The van der Waals surface area contributed by atoms with Crippen molar-refractivity contribution in [1.82, 2.24) is 9.88 Å². The van der Waals surface area contributed by atoms with Crippen molar-refractivity contribution in [2.75, 3.05) is 6.54 Å². The largest absolute Gasteiger partial charge is 0.406 e. The van der Waals surface area contributed by atoms with E-state index in [1.54, 1.807) is 6.92 Å². The fourth-order valence-corrected chi connectivity index (χ4v) is 2.33. The second kappa shape index (κ2) is 5.60. The Labute approximate surface area is 119 Å². The molecular formula is C13H14ClF3N2O. The summed E-state index contributed by atoms with van der Waals surface area (Å²) in [6.07, 6.45) is -0.132. The molecule has 0 spiro atoms. The van der Waals surface area contributed by atoms with Gasteiger partial charge in [0, 0.05) is 18.4 Å². The highest BCUT2D eigenvalue weighted by atomic mass is 35.5. The summed E-state index contributed by atoms with van der Waals surface area (Å²) in [5.74, 6) is -0.559. The molecule has 3 nitrogen and oxygen atoms in total. The van der Waals surface area contributed by atoms with Crippen LogP contribution in [-0.2, 0) is 0 Å². The van der Waals surface area contributed by atoms with Crippen molar-refractivity contribution < 1.29 is 18.0 Å². The van der Waals surface area contributed by atoms with Crippen LogP contribution >= 0.6 is 11.6 Å². The molecular weight excluding hydrogens is 293 g/mol. The molecule has 1 saturated carbocycles. The molecule has 1 amide bonds. The third-order valence-electron chi connectivity index (χ3n) is 3.41. The van der Waals surface area contributed by atoms with Crippen molar-refractivity contribution in [1.29, 1.82) is 0 Å². The lowest BCUT2D eigenvalue weighted by molar-refractivity contribution is -0.144. The highest BCUT2D eigenvalue weighted by molar-refractivity contribution is 6.33. The zero-order chi connectivity index (χ0) is 14.9. The number of halogens is 4. The van der Waals surface area contributed by atoms with E-state index < -0.39 is 24.7 Å². The Hall–Kier alpha value is -1.30. The van der Waals surface area contributed by atoms with Gasteiger partial charge in [0.2, 0.25) is 0 Å². The molecule has 2 rings (SSSR count). The summed E-state index contributed by atoms with van der Waals surface area (Å²) in [7, 11) is 0. The Morgan fingerprint density at radius 2 is 2.20 bits per heavy atom. The van der Waals surface area contributed by atoms with E-state index in [0.717, 1.165) is 17.7 Å². The smallest absolute Gasteiger partial charge is 0.327 e. The predicted molar refractivity (Wildman–Crippen MR) is 68.5 cm³/mol. The zero-order valence-corrected chi connectivity index (χ0v) is 11.6. The number of carbonyl (C=O) groups excluding carboxylic acids is 1. The van der Waals surface area contributed by atoms with Crippen molar-refractivity contribution in [3.8, 4) is 0 Å². The fourth-order valence-electron chi connectivity index (χ4n) is 2.13. The maximum Gasteiger partial charge on any atom is 0.406 e. The van der Waals surface area contributed by atoms with E-state index in [1.165, 1.54) is 18.5 Å². The van der Waals surface area contributed by atoms with Crippen LogP contribution in [0.3, 0.4) is 0 Å². The summed E-state index contributed by atoms with van der Waals surface area (Å²) in [5, 5.41) is 0.0627. The van der Waals surface area contributed by atoms with Crippen molar-refractivity contribution >= 4 is 17.5 Å². The van der Waals surface area contributed by atoms with E-state index in [2.05, 4.69) is 4.98 Å². The molecule has 0 N–H and O–H groups in total. The Balaban J connectivity index is 2.25. The number of hydrogen-bond acceptors (Lipinski definition) is 2. The van der Waals surface area contributed by atoms with Crippen LogP contribution < -0.4 is 0 Å². The average Bonchev–Trinajstić information content (AvgIpc) is 3.18. The van der Waals surface area contributed by atoms with Gasteiger partial charge in [-0.3, -0.25) is 9.78 Å². The lowest BCUT2D eigenvalue weighted by atomic mass is 10.1. The molecule has 1 fully saturated rings. The Morgan fingerprint density at radius 1 is 1.55 bits per heavy atom. The molecule has 0 saturated heterocycles. The van der Waals surface area contributed by atoms with Crippen LogP contribution in [0.1, 0.15) is 30.1 Å². The first kappa shape index (κ1) is 15.1. The number of aromatic nitrogens is 1. The number of alkyl halides is 3. The Bertz CT molecular complexity index is 503. The minimum absolute atomic E-state index is 0.0541. The Morgan fingerprint density at radius 3 is 2.70 bits per heavy atom. The van der Waals surface area contributed by atoms with E-state index in [1.807, 2.05) is 0 Å². The van der Waals surface area contributed by atoms with Gasteiger partial charge in [0.15, 0.2) is 0 Å². The summed E-state index contributed by atoms with van der Waals surface area (Å²) in [6, 6.07) is 0.890. The minimum Gasteiger partial charge on any atom is -0.327 e. The van der Waals surface area contributed by atoms with Crippen LogP contribution in [0.25, 0.3) is 0 Å². The highest BCUT2D eigenvalue weighted by Gasteiger charge is 2.41. The zero-order valence-electron chi connectivity index (χ0n) is 10.8. The molecule has 20 heavy (non-hydrogen) atoms. The number of amides is 1. The normalized spacial score (nSPS) is 16.9. The van der Waals surface area contributed by atoms with Gasteiger partial charge in [-0.2, -0.15) is 13.2 Å². The quantitative estimate of drug-likeness (QED) is 0.852. The van der Waals surface area contributed by atoms with Gasteiger partial charge in [-0.25, -0.2) is 0 Å². The summed E-state index contributed by atoms with van der Waals surface area (Å²) in [6.45, 7) is 0.387. The molecule has 0 radical (unpaired) electrons. The number of rotatable bonds is 4. The number of hydrogen-bond donors (Lipinski definition) is 0. The van der Waals surface area contributed by atoms with Gasteiger partial charge < -0.3 is 4.90 Å². The van der Waals surface area contributed by atoms with Crippen LogP contribution in [0, 0.1) is 5.92 Å². The monoisotopic (exact) mass is 306 g/mol. The van der Waals surface area contributed by atoms with Crippen LogP contribution in [0.2, 0.25) is 5.02 Å². The first-order valence-corrected chi connectivity index (χ1v) is 6.64. The van der Waals surface area contributed by atoms with Crippen molar-refractivity contribution in [3.05, 3.63) is 29.0 Å². The van der Waals surface area contributed by atoms with Crippen LogP contribution in [0.15, 0.2) is 18.5 Å². The van der Waals surface area contributed by atoms with Gasteiger partial charge >= 0.3 is 6.18 Å². The lowest BCUT2D eigenvalue weighted by Gasteiger charge is -2.30. The van der Waals surface area contributed by atoms with Crippen molar-refractivity contribution in [3.63, 3.8) is 0 Å². The van der Waals surface area contributed by atoms with Crippen LogP contribution in [0.4, 0.5) is 13.2 Å². The molecule has 0 aromatic carbocycles. The lowest BCUT2D eigenvalue weighted by Crippen LogP contribution is -2.45. The first-order valence-electron chi connectivity index (χ1n) is 6.27. The Kier molecular flexibility index (Phi) is 4.22. The fraction of sp³-hybridized carbons (Fsp3) is 0.538. The highest BCUT2D eigenvalue weighted by Crippen LogP contribution is 2.37. The molecule has 110 valence electrons. The van der Waals surface area contributed by atoms with Gasteiger partial charge in [-0.1, -0.05) is 11.6 Å². The molecule has 7 heteroatoms. The van der Waals surface area contributed by atoms with Gasteiger partial charge in [-0.05, 0) is 31.7 Å². The number of carbonyl (C=O) groups is 1. The van der Waals surface area contributed by atoms with Gasteiger partial charge in [0.1, 0.15) is 6.54 Å². The van der Waals surface area contributed by atoms with Crippen molar-refractivity contribution in [2.45, 2.75) is 32.0 Å². The van der Waals surface area contributed by atoms with E-state index in [4.69, 9.17) is 11.6 Å². The third-order valence-corrected chi connectivity index (χ3v) is 3.71. The molecule has 1 aromatic rings. The minimum atomic E-state index is -4.43. The maximum atomic E-state index is 12.7. The molecule has 1 unspecified atom stereocenters. The maximum absolute atomic E-state index is 12.7. The van der Waals surface area contributed by atoms with Gasteiger partial charge in [0.05, 0.1) is 10.6 Å². The number of pyridine rings is 1. The predicted octanol–water partition coefficient (Wildman–Crippen LogP) is 3.54. The third kappa shape index (κ3) is 3.62.